The van der Waals surface area contributed by atoms with Crippen molar-refractivity contribution in [1.82, 2.24) is 14.9 Å². The molecule has 3 heterocycles. The largest absolute Gasteiger partial charge is 0.342 e. The Hall–Kier alpha value is -2.63. The summed E-state index contributed by atoms with van der Waals surface area (Å²) in [5.74, 6) is 0.650. The second-order valence-corrected chi connectivity index (χ2v) is 6.71. The number of nitrogens with one attached hydrogen (secondary N) is 1. The minimum Gasteiger partial charge on any atom is -0.342 e. The van der Waals surface area contributed by atoms with Crippen LogP contribution in [0.3, 0.4) is 0 Å². The van der Waals surface area contributed by atoms with Crippen LogP contribution in [0.15, 0.2) is 35.1 Å². The number of carbonyl (C=O) groups excluding carboxylic acids is 1. The first-order valence-corrected chi connectivity index (χ1v) is 8.94. The number of benzene rings is 1. The SMILES string of the molecule is O=C(c1ccccc1)N1CCc2nc(N3CCCCC3)[nH]c(=O)c2C1. The van der Waals surface area contributed by atoms with Gasteiger partial charge in [-0.1, -0.05) is 18.2 Å². The van der Waals surface area contributed by atoms with Crippen LogP contribution in [0.5, 0.6) is 0 Å². The number of rotatable bonds is 2. The standard InChI is InChI=1S/C19H22N4O2/c24-17-15-13-23(18(25)14-7-3-1-4-8-14)12-9-16(15)20-19(21-17)22-10-5-2-6-11-22/h1,3-4,7-8H,2,5-6,9-13H2,(H,20,21,24). The van der Waals surface area contributed by atoms with E-state index in [2.05, 4.69) is 9.88 Å². The lowest BCUT2D eigenvalue weighted by atomic mass is 10.1. The van der Waals surface area contributed by atoms with Crippen molar-refractivity contribution in [3.8, 4) is 0 Å². The van der Waals surface area contributed by atoms with Crippen LogP contribution in [0, 0.1) is 0 Å². The van der Waals surface area contributed by atoms with Crippen LogP contribution in [-0.4, -0.2) is 40.4 Å². The van der Waals surface area contributed by atoms with Crippen molar-refractivity contribution in [3.05, 3.63) is 57.5 Å². The highest BCUT2D eigenvalue weighted by molar-refractivity contribution is 5.94. The monoisotopic (exact) mass is 338 g/mol. The molecule has 0 spiro atoms. The third-order valence-electron chi connectivity index (χ3n) is 5.02. The van der Waals surface area contributed by atoms with E-state index in [0.717, 1.165) is 31.6 Å². The molecule has 0 aliphatic carbocycles. The zero-order valence-electron chi connectivity index (χ0n) is 14.2. The molecule has 0 saturated carbocycles. The Labute approximate surface area is 146 Å². The number of hydrogen-bond donors (Lipinski definition) is 1. The minimum absolute atomic E-state index is 0.0363. The lowest BCUT2D eigenvalue weighted by Gasteiger charge is -2.30. The molecule has 2 aliphatic rings. The van der Waals surface area contributed by atoms with Gasteiger partial charge in [0, 0.05) is 31.6 Å². The van der Waals surface area contributed by atoms with Gasteiger partial charge in [0.15, 0.2) is 0 Å². The van der Waals surface area contributed by atoms with Crippen molar-refractivity contribution in [2.75, 3.05) is 24.5 Å². The first-order valence-electron chi connectivity index (χ1n) is 8.94. The number of anilines is 1. The minimum atomic E-state index is -0.115. The normalized spacial score (nSPS) is 17.3. The van der Waals surface area contributed by atoms with E-state index in [1.165, 1.54) is 6.42 Å². The molecule has 2 aromatic rings. The summed E-state index contributed by atoms with van der Waals surface area (Å²) in [6.45, 7) is 2.81. The summed E-state index contributed by atoms with van der Waals surface area (Å²) < 4.78 is 0. The number of carbonyl (C=O) groups is 1. The maximum Gasteiger partial charge on any atom is 0.257 e. The van der Waals surface area contributed by atoms with Gasteiger partial charge >= 0.3 is 0 Å². The number of nitrogens with zero attached hydrogens (tertiary/aromatic N) is 3. The second kappa shape index (κ2) is 6.70. The van der Waals surface area contributed by atoms with Crippen LogP contribution in [0.2, 0.25) is 0 Å². The Morgan fingerprint density at radius 1 is 1.04 bits per heavy atom. The van der Waals surface area contributed by atoms with Crippen molar-refractivity contribution in [3.63, 3.8) is 0 Å². The molecule has 0 unspecified atom stereocenters. The van der Waals surface area contributed by atoms with Crippen molar-refractivity contribution < 1.29 is 4.79 Å². The van der Waals surface area contributed by atoms with E-state index in [-0.39, 0.29) is 11.5 Å². The highest BCUT2D eigenvalue weighted by Gasteiger charge is 2.26. The van der Waals surface area contributed by atoms with Gasteiger partial charge in [0.25, 0.3) is 11.5 Å². The predicted octanol–water partition coefficient (Wildman–Crippen LogP) is 1.96. The number of aromatic nitrogens is 2. The quantitative estimate of drug-likeness (QED) is 0.909. The van der Waals surface area contributed by atoms with E-state index in [1.54, 1.807) is 17.0 Å². The van der Waals surface area contributed by atoms with E-state index in [9.17, 15) is 9.59 Å². The Bertz CT molecular complexity index is 825. The number of H-pyrrole nitrogens is 1. The van der Waals surface area contributed by atoms with Crippen molar-refractivity contribution >= 4 is 11.9 Å². The fourth-order valence-electron chi connectivity index (χ4n) is 3.60. The number of amides is 1. The zero-order chi connectivity index (χ0) is 17.2. The van der Waals surface area contributed by atoms with Crippen molar-refractivity contribution in [1.29, 1.82) is 0 Å². The average molecular weight is 338 g/mol. The van der Waals surface area contributed by atoms with E-state index < -0.39 is 0 Å². The summed E-state index contributed by atoms with van der Waals surface area (Å²) >= 11 is 0. The van der Waals surface area contributed by atoms with E-state index in [4.69, 9.17) is 4.98 Å². The third kappa shape index (κ3) is 3.16. The molecule has 6 heteroatoms. The molecule has 130 valence electrons. The smallest absolute Gasteiger partial charge is 0.257 e. The summed E-state index contributed by atoms with van der Waals surface area (Å²) in [6, 6.07) is 9.20. The molecule has 1 saturated heterocycles. The zero-order valence-corrected chi connectivity index (χ0v) is 14.2. The number of hydrogen-bond acceptors (Lipinski definition) is 4. The number of aromatic amines is 1. The molecular formula is C19H22N4O2. The van der Waals surface area contributed by atoms with Gasteiger partial charge < -0.3 is 9.80 Å². The van der Waals surface area contributed by atoms with Gasteiger partial charge in [-0.25, -0.2) is 4.98 Å². The highest BCUT2D eigenvalue weighted by atomic mass is 16.2. The van der Waals surface area contributed by atoms with Gasteiger partial charge in [-0.3, -0.25) is 14.6 Å². The molecule has 4 rings (SSSR count). The molecule has 1 amide bonds. The molecule has 2 aliphatic heterocycles. The van der Waals surface area contributed by atoms with Gasteiger partial charge in [0.2, 0.25) is 5.95 Å². The van der Waals surface area contributed by atoms with Crippen LogP contribution in [0.1, 0.15) is 40.9 Å². The van der Waals surface area contributed by atoms with Crippen LogP contribution in [0.4, 0.5) is 5.95 Å². The highest BCUT2D eigenvalue weighted by Crippen LogP contribution is 2.20. The number of fused-ring (bicyclic) bond motifs is 1. The van der Waals surface area contributed by atoms with Crippen LogP contribution >= 0.6 is 0 Å². The maximum absolute atomic E-state index is 12.6. The Kier molecular flexibility index (Phi) is 4.26. The molecule has 25 heavy (non-hydrogen) atoms. The van der Waals surface area contributed by atoms with Crippen LogP contribution < -0.4 is 10.5 Å². The molecule has 0 atom stereocenters. The Morgan fingerprint density at radius 2 is 1.80 bits per heavy atom. The van der Waals surface area contributed by atoms with Gasteiger partial charge in [-0.05, 0) is 31.4 Å². The van der Waals surface area contributed by atoms with Gasteiger partial charge in [0.05, 0.1) is 17.8 Å². The number of piperidine rings is 1. The first kappa shape index (κ1) is 15.9. The molecule has 1 aromatic heterocycles. The molecule has 1 N–H and O–H groups in total. The summed E-state index contributed by atoms with van der Waals surface area (Å²) in [4.78, 5) is 36.7. The van der Waals surface area contributed by atoms with Crippen LogP contribution in [-0.2, 0) is 13.0 Å². The summed E-state index contributed by atoms with van der Waals surface area (Å²) in [5.41, 5.74) is 1.99. The predicted molar refractivity (Wildman–Crippen MR) is 95.8 cm³/mol. The first-order chi connectivity index (χ1) is 12.2. The second-order valence-electron chi connectivity index (χ2n) is 6.71. The maximum atomic E-state index is 12.6. The lowest BCUT2D eigenvalue weighted by Crippen LogP contribution is -2.41. The summed E-state index contributed by atoms with van der Waals surface area (Å²) in [5, 5.41) is 0. The summed E-state index contributed by atoms with van der Waals surface area (Å²) in [7, 11) is 0. The van der Waals surface area contributed by atoms with E-state index in [1.807, 2.05) is 18.2 Å². The fraction of sp³-hybridized carbons (Fsp3) is 0.421. The van der Waals surface area contributed by atoms with Gasteiger partial charge in [0.1, 0.15) is 0 Å². The Morgan fingerprint density at radius 3 is 2.56 bits per heavy atom. The van der Waals surface area contributed by atoms with Crippen molar-refractivity contribution in [2.24, 2.45) is 0 Å². The molecule has 1 aromatic carbocycles. The molecule has 1 fully saturated rings. The lowest BCUT2D eigenvalue weighted by molar-refractivity contribution is 0.0732. The third-order valence-corrected chi connectivity index (χ3v) is 5.02. The average Bonchev–Trinajstić information content (AvgIpc) is 2.68. The topological polar surface area (TPSA) is 69.3 Å². The molecular weight excluding hydrogens is 316 g/mol. The molecule has 0 bridgehead atoms. The van der Waals surface area contributed by atoms with Gasteiger partial charge in [-0.15, -0.1) is 0 Å². The van der Waals surface area contributed by atoms with E-state index >= 15 is 0 Å². The van der Waals surface area contributed by atoms with Crippen molar-refractivity contribution in [2.45, 2.75) is 32.2 Å². The fourth-order valence-corrected chi connectivity index (χ4v) is 3.60. The summed E-state index contributed by atoms with van der Waals surface area (Å²) in [6.07, 6.45) is 4.14. The Balaban J connectivity index is 1.57. The molecule has 6 nitrogen and oxygen atoms in total. The molecule has 0 radical (unpaired) electrons. The van der Waals surface area contributed by atoms with E-state index in [0.29, 0.717) is 36.6 Å². The van der Waals surface area contributed by atoms with Gasteiger partial charge in [-0.2, -0.15) is 0 Å². The van der Waals surface area contributed by atoms with Crippen LogP contribution in [0.25, 0.3) is 0 Å².